The predicted molar refractivity (Wildman–Crippen MR) is 104 cm³/mol. The lowest BCUT2D eigenvalue weighted by atomic mass is 10.1. The lowest BCUT2D eigenvalue weighted by molar-refractivity contribution is 0.247. The Kier molecular flexibility index (Phi) is 4.76. The molecule has 2 aromatic heterocycles. The number of nitrogens with zero attached hydrogens (tertiary/aromatic N) is 4. The minimum atomic E-state index is 0.929. The molecule has 25 heavy (non-hydrogen) atoms. The van der Waals surface area contributed by atoms with Crippen molar-refractivity contribution in [3.8, 4) is 10.6 Å². The third-order valence-corrected chi connectivity index (χ3v) is 5.49. The van der Waals surface area contributed by atoms with Crippen LogP contribution in [0.25, 0.3) is 10.6 Å². The normalized spacial score (nSPS) is 15.5. The van der Waals surface area contributed by atoms with Crippen LogP contribution in [0.3, 0.4) is 0 Å². The van der Waals surface area contributed by atoms with Gasteiger partial charge in [-0.1, -0.05) is 29.8 Å². The summed E-state index contributed by atoms with van der Waals surface area (Å²) in [5.74, 6) is 1.08. The standard InChI is InChI=1S/C20H22N4S/c1-16-5-4-6-17(13-16)20-22-18(15-25-20)14-23-9-11-24(12-10-23)19-7-2-3-8-21-19/h2-8,13,15H,9-12,14H2,1H3. The monoisotopic (exact) mass is 350 g/mol. The Balaban J connectivity index is 1.36. The number of piperazine rings is 1. The molecule has 3 aromatic rings. The van der Waals surface area contributed by atoms with E-state index in [1.807, 2.05) is 12.3 Å². The summed E-state index contributed by atoms with van der Waals surface area (Å²) in [6.45, 7) is 7.19. The first-order chi connectivity index (χ1) is 12.3. The van der Waals surface area contributed by atoms with Gasteiger partial charge in [-0.2, -0.15) is 0 Å². The SMILES string of the molecule is Cc1cccc(-c2nc(CN3CCN(c4ccccn4)CC3)cs2)c1. The van der Waals surface area contributed by atoms with Crippen molar-refractivity contribution in [1.82, 2.24) is 14.9 Å². The average Bonchev–Trinajstić information content (AvgIpc) is 3.12. The van der Waals surface area contributed by atoms with E-state index < -0.39 is 0 Å². The molecule has 1 aromatic carbocycles. The number of aromatic nitrogens is 2. The number of benzene rings is 1. The van der Waals surface area contributed by atoms with Gasteiger partial charge in [-0.25, -0.2) is 9.97 Å². The van der Waals surface area contributed by atoms with Gasteiger partial charge < -0.3 is 4.90 Å². The molecule has 0 aliphatic carbocycles. The Morgan fingerprint density at radius 3 is 2.68 bits per heavy atom. The zero-order chi connectivity index (χ0) is 17.1. The van der Waals surface area contributed by atoms with Crippen LogP contribution >= 0.6 is 11.3 Å². The molecule has 3 heterocycles. The van der Waals surface area contributed by atoms with Crippen molar-refractivity contribution in [1.29, 1.82) is 0 Å². The maximum Gasteiger partial charge on any atom is 0.128 e. The molecule has 0 N–H and O–H groups in total. The van der Waals surface area contributed by atoms with Crippen molar-refractivity contribution >= 4 is 17.2 Å². The molecule has 0 atom stereocenters. The first-order valence-electron chi connectivity index (χ1n) is 8.68. The van der Waals surface area contributed by atoms with Gasteiger partial charge in [0.15, 0.2) is 0 Å². The molecule has 4 nitrogen and oxygen atoms in total. The smallest absolute Gasteiger partial charge is 0.128 e. The number of hydrogen-bond acceptors (Lipinski definition) is 5. The molecule has 0 radical (unpaired) electrons. The molecule has 128 valence electrons. The van der Waals surface area contributed by atoms with Crippen LogP contribution in [0.2, 0.25) is 0 Å². The van der Waals surface area contributed by atoms with Gasteiger partial charge in [0.2, 0.25) is 0 Å². The van der Waals surface area contributed by atoms with E-state index >= 15 is 0 Å². The maximum atomic E-state index is 4.84. The summed E-state index contributed by atoms with van der Waals surface area (Å²) in [4.78, 5) is 14.1. The van der Waals surface area contributed by atoms with Gasteiger partial charge >= 0.3 is 0 Å². The van der Waals surface area contributed by atoms with E-state index in [9.17, 15) is 0 Å². The quantitative estimate of drug-likeness (QED) is 0.716. The largest absolute Gasteiger partial charge is 0.354 e. The van der Waals surface area contributed by atoms with Crippen molar-refractivity contribution in [2.24, 2.45) is 0 Å². The number of aryl methyl sites for hydroxylation is 1. The van der Waals surface area contributed by atoms with Gasteiger partial charge in [-0.3, -0.25) is 4.90 Å². The second-order valence-corrected chi connectivity index (χ2v) is 7.32. The van der Waals surface area contributed by atoms with Crippen molar-refractivity contribution < 1.29 is 0 Å². The lowest BCUT2D eigenvalue weighted by Gasteiger charge is -2.35. The zero-order valence-electron chi connectivity index (χ0n) is 14.4. The summed E-state index contributed by atoms with van der Waals surface area (Å²) in [5, 5.41) is 3.31. The highest BCUT2D eigenvalue weighted by molar-refractivity contribution is 7.13. The van der Waals surface area contributed by atoms with Crippen molar-refractivity contribution in [3.63, 3.8) is 0 Å². The van der Waals surface area contributed by atoms with Gasteiger partial charge in [0, 0.05) is 49.9 Å². The van der Waals surface area contributed by atoms with Gasteiger partial charge in [0.05, 0.1) is 5.69 Å². The number of anilines is 1. The van der Waals surface area contributed by atoms with Crippen molar-refractivity contribution in [2.75, 3.05) is 31.1 Å². The van der Waals surface area contributed by atoms with E-state index in [1.54, 1.807) is 11.3 Å². The predicted octanol–water partition coefficient (Wildman–Crippen LogP) is 3.84. The minimum absolute atomic E-state index is 0.929. The molecule has 1 fully saturated rings. The first-order valence-corrected chi connectivity index (χ1v) is 9.56. The van der Waals surface area contributed by atoms with Crippen LogP contribution < -0.4 is 4.90 Å². The highest BCUT2D eigenvalue weighted by Crippen LogP contribution is 2.25. The van der Waals surface area contributed by atoms with E-state index in [0.717, 1.165) is 43.5 Å². The number of thiazole rings is 1. The average molecular weight is 350 g/mol. The Morgan fingerprint density at radius 1 is 1.04 bits per heavy atom. The molecule has 0 unspecified atom stereocenters. The fourth-order valence-electron chi connectivity index (χ4n) is 3.20. The number of rotatable bonds is 4. The van der Waals surface area contributed by atoms with Crippen molar-refractivity contribution in [2.45, 2.75) is 13.5 Å². The summed E-state index contributed by atoms with van der Waals surface area (Å²) in [6.07, 6.45) is 1.86. The molecule has 0 saturated carbocycles. The van der Waals surface area contributed by atoms with Crippen LogP contribution in [-0.2, 0) is 6.54 Å². The zero-order valence-corrected chi connectivity index (χ0v) is 15.2. The highest BCUT2D eigenvalue weighted by Gasteiger charge is 2.18. The Morgan fingerprint density at radius 2 is 1.92 bits per heavy atom. The second kappa shape index (κ2) is 7.33. The van der Waals surface area contributed by atoms with Crippen LogP contribution in [-0.4, -0.2) is 41.0 Å². The van der Waals surface area contributed by atoms with Gasteiger partial charge in [0.25, 0.3) is 0 Å². The van der Waals surface area contributed by atoms with Gasteiger partial charge in [-0.15, -0.1) is 11.3 Å². The van der Waals surface area contributed by atoms with E-state index in [0.29, 0.717) is 0 Å². The van der Waals surface area contributed by atoms with Gasteiger partial charge in [-0.05, 0) is 25.1 Å². The summed E-state index contributed by atoms with van der Waals surface area (Å²) in [5.41, 5.74) is 3.67. The molecular formula is C20H22N4S. The summed E-state index contributed by atoms with van der Waals surface area (Å²) >= 11 is 1.74. The molecular weight excluding hydrogens is 328 g/mol. The molecule has 1 saturated heterocycles. The van der Waals surface area contributed by atoms with Crippen LogP contribution in [0.5, 0.6) is 0 Å². The third kappa shape index (κ3) is 3.89. The molecule has 1 aliphatic rings. The summed E-state index contributed by atoms with van der Waals surface area (Å²) < 4.78 is 0. The van der Waals surface area contributed by atoms with Crippen LogP contribution in [0.15, 0.2) is 54.0 Å². The van der Waals surface area contributed by atoms with E-state index in [2.05, 4.69) is 63.5 Å². The van der Waals surface area contributed by atoms with Crippen molar-refractivity contribution in [3.05, 3.63) is 65.3 Å². The minimum Gasteiger partial charge on any atom is -0.354 e. The highest BCUT2D eigenvalue weighted by atomic mass is 32.1. The number of hydrogen-bond donors (Lipinski definition) is 0. The topological polar surface area (TPSA) is 32.3 Å². The van der Waals surface area contributed by atoms with Gasteiger partial charge in [0.1, 0.15) is 10.8 Å². The van der Waals surface area contributed by atoms with E-state index in [4.69, 9.17) is 4.98 Å². The second-order valence-electron chi connectivity index (χ2n) is 6.46. The number of pyridine rings is 1. The summed E-state index contributed by atoms with van der Waals surface area (Å²) in [7, 11) is 0. The fourth-order valence-corrected chi connectivity index (χ4v) is 4.00. The first kappa shape index (κ1) is 16.2. The van der Waals surface area contributed by atoms with Crippen LogP contribution in [0, 0.1) is 6.92 Å². The lowest BCUT2D eigenvalue weighted by Crippen LogP contribution is -2.46. The van der Waals surface area contributed by atoms with E-state index in [-0.39, 0.29) is 0 Å². The van der Waals surface area contributed by atoms with E-state index in [1.165, 1.54) is 16.8 Å². The Labute approximate surface area is 152 Å². The Hall–Kier alpha value is -2.24. The van der Waals surface area contributed by atoms with Crippen LogP contribution in [0.1, 0.15) is 11.3 Å². The summed E-state index contributed by atoms with van der Waals surface area (Å²) in [6, 6.07) is 14.7. The molecule has 0 amide bonds. The molecule has 0 spiro atoms. The fraction of sp³-hybridized carbons (Fsp3) is 0.300. The molecule has 1 aliphatic heterocycles. The maximum absolute atomic E-state index is 4.84. The molecule has 5 heteroatoms. The Bertz CT molecular complexity index is 822. The van der Waals surface area contributed by atoms with Crippen LogP contribution in [0.4, 0.5) is 5.82 Å². The molecule has 4 rings (SSSR count). The molecule has 0 bridgehead atoms. The third-order valence-electron chi connectivity index (χ3n) is 4.55.